The van der Waals surface area contributed by atoms with E-state index >= 15 is 0 Å². The standard InChI is InChI=1S/C20H18ClNO2/c1-3-15(14-8-5-4-6-9-14)19-17-10-7-11-18(21)16(17)12-13-22(19)20(23)24-2/h1,4-11,15,19H,12-13H2,2H3. The van der Waals surface area contributed by atoms with Gasteiger partial charge in [-0.05, 0) is 29.2 Å². The topological polar surface area (TPSA) is 29.5 Å². The van der Waals surface area contributed by atoms with Gasteiger partial charge in [-0.1, -0.05) is 60.0 Å². The molecule has 0 saturated heterocycles. The van der Waals surface area contributed by atoms with E-state index in [1.807, 2.05) is 48.5 Å². The van der Waals surface area contributed by atoms with Gasteiger partial charge in [0.15, 0.2) is 0 Å². The van der Waals surface area contributed by atoms with E-state index in [1.165, 1.54) is 7.11 Å². The molecule has 3 nitrogen and oxygen atoms in total. The van der Waals surface area contributed by atoms with Gasteiger partial charge in [0.2, 0.25) is 0 Å². The molecule has 122 valence electrons. The van der Waals surface area contributed by atoms with Crippen LogP contribution in [-0.2, 0) is 11.2 Å². The van der Waals surface area contributed by atoms with Crippen LogP contribution in [0.5, 0.6) is 0 Å². The number of methoxy groups -OCH3 is 1. The maximum absolute atomic E-state index is 12.3. The summed E-state index contributed by atoms with van der Waals surface area (Å²) in [7, 11) is 1.39. The molecular weight excluding hydrogens is 322 g/mol. The van der Waals surface area contributed by atoms with E-state index in [0.717, 1.165) is 16.7 Å². The molecule has 4 heteroatoms. The molecule has 24 heavy (non-hydrogen) atoms. The van der Waals surface area contributed by atoms with Crippen LogP contribution in [0.4, 0.5) is 4.79 Å². The number of hydrogen-bond donors (Lipinski definition) is 0. The highest BCUT2D eigenvalue weighted by molar-refractivity contribution is 6.31. The third-order valence-electron chi connectivity index (χ3n) is 4.48. The van der Waals surface area contributed by atoms with Crippen LogP contribution in [0.15, 0.2) is 48.5 Å². The Labute approximate surface area is 147 Å². The van der Waals surface area contributed by atoms with Crippen molar-refractivity contribution in [2.24, 2.45) is 0 Å². The first-order valence-electron chi connectivity index (χ1n) is 7.80. The van der Waals surface area contributed by atoms with Crippen molar-refractivity contribution < 1.29 is 9.53 Å². The van der Waals surface area contributed by atoms with Crippen molar-refractivity contribution >= 4 is 17.7 Å². The fourth-order valence-corrected chi connectivity index (χ4v) is 3.64. The minimum absolute atomic E-state index is 0.275. The Kier molecular flexibility index (Phi) is 4.78. The highest BCUT2D eigenvalue weighted by Gasteiger charge is 2.37. The van der Waals surface area contributed by atoms with E-state index in [-0.39, 0.29) is 18.1 Å². The third-order valence-corrected chi connectivity index (χ3v) is 4.83. The first-order valence-corrected chi connectivity index (χ1v) is 8.18. The maximum Gasteiger partial charge on any atom is 0.410 e. The summed E-state index contributed by atoms with van der Waals surface area (Å²) in [6, 6.07) is 15.3. The average Bonchev–Trinajstić information content (AvgIpc) is 2.63. The molecule has 0 N–H and O–H groups in total. The summed E-state index contributed by atoms with van der Waals surface area (Å²) in [5.74, 6) is 2.59. The second kappa shape index (κ2) is 6.98. The van der Waals surface area contributed by atoms with Crippen LogP contribution in [0.25, 0.3) is 0 Å². The second-order valence-electron chi connectivity index (χ2n) is 5.72. The van der Waals surface area contributed by atoms with Gasteiger partial charge in [-0.25, -0.2) is 4.79 Å². The summed E-state index contributed by atoms with van der Waals surface area (Å²) in [6.07, 6.45) is 6.19. The number of hydrogen-bond acceptors (Lipinski definition) is 2. The SMILES string of the molecule is C#CC(c1ccccc1)C1c2cccc(Cl)c2CCN1C(=O)OC. The monoisotopic (exact) mass is 339 g/mol. The molecule has 2 atom stereocenters. The molecule has 1 heterocycles. The largest absolute Gasteiger partial charge is 0.453 e. The quantitative estimate of drug-likeness (QED) is 0.758. The number of carbonyl (C=O) groups is 1. The Bertz CT molecular complexity index is 782. The normalized spacial score (nSPS) is 17.5. The molecular formula is C20H18ClNO2. The molecule has 2 aromatic carbocycles. The number of halogens is 1. The van der Waals surface area contributed by atoms with E-state index < -0.39 is 0 Å². The lowest BCUT2D eigenvalue weighted by Crippen LogP contribution is -2.42. The highest BCUT2D eigenvalue weighted by Crippen LogP contribution is 2.42. The smallest absolute Gasteiger partial charge is 0.410 e. The number of fused-ring (bicyclic) bond motifs is 1. The summed E-state index contributed by atoms with van der Waals surface area (Å²) in [6.45, 7) is 0.527. The fourth-order valence-electron chi connectivity index (χ4n) is 3.37. The van der Waals surface area contributed by atoms with Gasteiger partial charge in [-0.2, -0.15) is 0 Å². The van der Waals surface area contributed by atoms with Gasteiger partial charge < -0.3 is 4.74 Å². The Morgan fingerprint density at radius 1 is 1.29 bits per heavy atom. The fraction of sp³-hybridized carbons (Fsp3) is 0.250. The lowest BCUT2D eigenvalue weighted by molar-refractivity contribution is 0.0976. The van der Waals surface area contributed by atoms with Gasteiger partial charge in [0.1, 0.15) is 0 Å². The van der Waals surface area contributed by atoms with Crippen molar-refractivity contribution in [3.8, 4) is 12.3 Å². The number of benzene rings is 2. The van der Waals surface area contributed by atoms with Crippen molar-refractivity contribution in [1.29, 1.82) is 0 Å². The third kappa shape index (κ3) is 2.86. The Morgan fingerprint density at radius 3 is 2.71 bits per heavy atom. The molecule has 0 aromatic heterocycles. The molecule has 3 rings (SSSR count). The molecule has 1 aliphatic rings. The minimum atomic E-state index is -0.373. The second-order valence-corrected chi connectivity index (χ2v) is 6.13. The van der Waals surface area contributed by atoms with Crippen LogP contribution in [0.3, 0.4) is 0 Å². The van der Waals surface area contributed by atoms with E-state index in [2.05, 4.69) is 5.92 Å². The zero-order valence-electron chi connectivity index (χ0n) is 13.4. The number of rotatable bonds is 2. The molecule has 2 aromatic rings. The van der Waals surface area contributed by atoms with Crippen molar-refractivity contribution in [2.45, 2.75) is 18.4 Å². The van der Waals surface area contributed by atoms with Crippen molar-refractivity contribution in [3.63, 3.8) is 0 Å². The van der Waals surface area contributed by atoms with Gasteiger partial charge in [0.25, 0.3) is 0 Å². The highest BCUT2D eigenvalue weighted by atomic mass is 35.5. The van der Waals surface area contributed by atoms with Crippen molar-refractivity contribution in [3.05, 3.63) is 70.2 Å². The van der Waals surface area contributed by atoms with Crippen molar-refractivity contribution in [2.75, 3.05) is 13.7 Å². The zero-order chi connectivity index (χ0) is 17.1. The van der Waals surface area contributed by atoms with Gasteiger partial charge in [0.05, 0.1) is 19.1 Å². The van der Waals surface area contributed by atoms with Crippen LogP contribution in [0.2, 0.25) is 5.02 Å². The van der Waals surface area contributed by atoms with Crippen LogP contribution < -0.4 is 0 Å². The number of terminal acetylenes is 1. The minimum Gasteiger partial charge on any atom is -0.453 e. The Hall–Kier alpha value is -2.44. The van der Waals surface area contributed by atoms with Crippen molar-refractivity contribution in [1.82, 2.24) is 4.90 Å². The maximum atomic E-state index is 12.3. The van der Waals surface area contributed by atoms with Gasteiger partial charge >= 0.3 is 6.09 Å². The van der Waals surface area contributed by atoms with Crippen LogP contribution in [0.1, 0.15) is 28.7 Å². The first-order chi connectivity index (χ1) is 11.7. The number of carbonyl (C=O) groups excluding carboxylic acids is 1. The number of ether oxygens (including phenoxy) is 1. The van der Waals surface area contributed by atoms with E-state index in [9.17, 15) is 4.79 Å². The Balaban J connectivity index is 2.14. The molecule has 0 bridgehead atoms. The summed E-state index contributed by atoms with van der Waals surface area (Å²) in [5.41, 5.74) is 3.04. The van der Waals surface area contributed by atoms with E-state index in [1.54, 1.807) is 4.90 Å². The summed E-state index contributed by atoms with van der Waals surface area (Å²) < 4.78 is 4.98. The predicted molar refractivity (Wildman–Crippen MR) is 95.0 cm³/mol. The van der Waals surface area contributed by atoms with E-state index in [0.29, 0.717) is 18.0 Å². The molecule has 0 saturated carbocycles. The molecule has 2 unspecified atom stereocenters. The summed E-state index contributed by atoms with van der Waals surface area (Å²) in [4.78, 5) is 14.0. The first kappa shape index (κ1) is 16.4. The van der Waals surface area contributed by atoms with E-state index in [4.69, 9.17) is 22.8 Å². The Morgan fingerprint density at radius 2 is 2.04 bits per heavy atom. The summed E-state index contributed by atoms with van der Waals surface area (Å²) >= 11 is 6.38. The number of amides is 1. The van der Waals surface area contributed by atoms with Crippen LogP contribution in [-0.4, -0.2) is 24.6 Å². The van der Waals surface area contributed by atoms with Gasteiger partial charge in [-0.3, -0.25) is 4.90 Å². The molecule has 0 spiro atoms. The van der Waals surface area contributed by atoms with Crippen LogP contribution in [0, 0.1) is 12.3 Å². The predicted octanol–water partition coefficient (Wildman–Crippen LogP) is 4.42. The zero-order valence-corrected chi connectivity index (χ0v) is 14.2. The van der Waals surface area contributed by atoms with Gasteiger partial charge in [0, 0.05) is 11.6 Å². The van der Waals surface area contributed by atoms with Crippen LogP contribution >= 0.6 is 11.6 Å². The molecule has 1 amide bonds. The number of nitrogens with zero attached hydrogens (tertiary/aromatic N) is 1. The van der Waals surface area contributed by atoms with Gasteiger partial charge in [-0.15, -0.1) is 6.42 Å². The lowest BCUT2D eigenvalue weighted by atomic mass is 9.81. The summed E-state index contributed by atoms with van der Waals surface area (Å²) in [5, 5.41) is 0.714. The molecule has 0 radical (unpaired) electrons. The molecule has 0 aliphatic carbocycles. The molecule has 1 aliphatic heterocycles. The lowest BCUT2D eigenvalue weighted by Gasteiger charge is -2.39. The average molecular weight is 340 g/mol. The molecule has 0 fully saturated rings.